The van der Waals surface area contributed by atoms with E-state index in [9.17, 15) is 9.59 Å². The number of carbonyl (C=O) groups excluding carboxylic acids is 2. The first-order valence-electron chi connectivity index (χ1n) is 11.2. The second kappa shape index (κ2) is 8.49. The molecule has 1 aromatic heterocycles. The van der Waals surface area contributed by atoms with Gasteiger partial charge in [0.05, 0.1) is 17.1 Å². The van der Waals surface area contributed by atoms with Gasteiger partial charge in [-0.1, -0.05) is 60.7 Å². The van der Waals surface area contributed by atoms with Gasteiger partial charge in [0.15, 0.2) is 5.82 Å². The fraction of sp³-hybridized carbons (Fsp3) is 0.0741. The molecule has 8 nitrogen and oxygen atoms in total. The van der Waals surface area contributed by atoms with Gasteiger partial charge in [0.2, 0.25) is 11.8 Å². The average Bonchev–Trinajstić information content (AvgIpc) is 3.29. The maximum Gasteiger partial charge on any atom is 0.241 e. The number of aromatic nitrogens is 4. The number of carbonyl (C=O) groups is 2. The van der Waals surface area contributed by atoms with Gasteiger partial charge in [-0.3, -0.25) is 14.5 Å². The van der Waals surface area contributed by atoms with Crippen LogP contribution < -0.4 is 10.2 Å². The summed E-state index contributed by atoms with van der Waals surface area (Å²) in [5.41, 5.74) is 3.81. The van der Waals surface area contributed by atoms with Gasteiger partial charge in [-0.05, 0) is 51.7 Å². The first kappa shape index (κ1) is 20.7. The molecule has 0 unspecified atom stereocenters. The Bertz CT molecular complexity index is 1560. The minimum absolute atomic E-state index is 0.237. The number of rotatable bonds is 4. The molecule has 2 amide bonds. The highest BCUT2D eigenvalue weighted by Crippen LogP contribution is 2.40. The van der Waals surface area contributed by atoms with E-state index >= 15 is 0 Å². The third-order valence-electron chi connectivity index (χ3n) is 6.07. The first-order valence-corrected chi connectivity index (χ1v) is 11.2. The molecule has 0 saturated heterocycles. The Kier molecular flexibility index (Phi) is 5.03. The molecule has 1 aliphatic heterocycles. The van der Waals surface area contributed by atoms with Crippen molar-refractivity contribution in [3.63, 3.8) is 0 Å². The average molecular weight is 460 g/mol. The molecule has 0 spiro atoms. The summed E-state index contributed by atoms with van der Waals surface area (Å²) in [6, 6.07) is 29.0. The van der Waals surface area contributed by atoms with Gasteiger partial charge in [-0.15, -0.1) is 5.10 Å². The Morgan fingerprint density at radius 2 is 1.54 bits per heavy atom. The second-order valence-corrected chi connectivity index (χ2v) is 8.32. The van der Waals surface area contributed by atoms with Crippen molar-refractivity contribution in [2.45, 2.75) is 12.8 Å². The van der Waals surface area contributed by atoms with E-state index in [0.29, 0.717) is 29.3 Å². The van der Waals surface area contributed by atoms with Gasteiger partial charge in [0.25, 0.3) is 0 Å². The van der Waals surface area contributed by atoms with Gasteiger partial charge in [-0.25, -0.2) is 0 Å². The SMILES string of the molecule is O=C1CC(=O)N(c2ccc(-n3nnnc3Cc3ccccc3)cc2)c2ccc3ccccc3c2N1. The summed E-state index contributed by atoms with van der Waals surface area (Å²) in [4.78, 5) is 27.2. The third-order valence-corrected chi connectivity index (χ3v) is 6.07. The smallest absolute Gasteiger partial charge is 0.241 e. The van der Waals surface area contributed by atoms with E-state index in [-0.39, 0.29) is 18.2 Å². The third kappa shape index (κ3) is 3.80. The number of nitrogens with one attached hydrogen (secondary N) is 1. The van der Waals surface area contributed by atoms with Crippen molar-refractivity contribution in [2.24, 2.45) is 0 Å². The Hall–Kier alpha value is -4.85. The second-order valence-electron chi connectivity index (χ2n) is 8.32. The Balaban J connectivity index is 1.38. The van der Waals surface area contributed by atoms with Crippen molar-refractivity contribution < 1.29 is 9.59 Å². The molecule has 170 valence electrons. The lowest BCUT2D eigenvalue weighted by Gasteiger charge is -2.23. The van der Waals surface area contributed by atoms with E-state index in [4.69, 9.17) is 0 Å². The summed E-state index contributed by atoms with van der Waals surface area (Å²) >= 11 is 0. The van der Waals surface area contributed by atoms with E-state index in [1.807, 2.05) is 91.0 Å². The van der Waals surface area contributed by atoms with Crippen LogP contribution in [0.1, 0.15) is 17.8 Å². The Labute approximate surface area is 200 Å². The summed E-state index contributed by atoms with van der Waals surface area (Å²) in [5, 5.41) is 17.0. The molecule has 0 atom stereocenters. The van der Waals surface area contributed by atoms with E-state index in [1.165, 1.54) is 0 Å². The normalized spacial score (nSPS) is 13.4. The molecule has 0 radical (unpaired) electrons. The van der Waals surface area contributed by atoms with E-state index < -0.39 is 0 Å². The Morgan fingerprint density at radius 1 is 0.800 bits per heavy atom. The molecule has 6 rings (SSSR count). The molecule has 1 N–H and O–H groups in total. The Morgan fingerprint density at radius 3 is 2.37 bits per heavy atom. The van der Waals surface area contributed by atoms with Gasteiger partial charge in [0.1, 0.15) is 6.42 Å². The zero-order chi connectivity index (χ0) is 23.8. The standard InChI is InChI=1S/C27H20N6O2/c34-25-17-26(35)32(23-15-10-19-8-4-5-9-22(19)27(23)28-25)20-11-13-21(14-12-20)33-24(29-30-31-33)16-18-6-2-1-3-7-18/h1-15H,16-17H2,(H,28,34). The summed E-state index contributed by atoms with van der Waals surface area (Å²) in [7, 11) is 0. The van der Waals surface area contributed by atoms with Crippen molar-refractivity contribution in [1.29, 1.82) is 0 Å². The van der Waals surface area contributed by atoms with Gasteiger partial charge >= 0.3 is 0 Å². The van der Waals surface area contributed by atoms with Crippen LogP contribution in [0.15, 0.2) is 91.0 Å². The fourth-order valence-electron chi connectivity index (χ4n) is 4.43. The molecule has 2 heterocycles. The van der Waals surface area contributed by atoms with E-state index in [1.54, 1.807) is 9.58 Å². The van der Waals surface area contributed by atoms with Gasteiger partial charge in [0, 0.05) is 17.5 Å². The topological polar surface area (TPSA) is 93.0 Å². The van der Waals surface area contributed by atoms with E-state index in [2.05, 4.69) is 20.8 Å². The summed E-state index contributed by atoms with van der Waals surface area (Å²) in [5.74, 6) is 0.0869. The lowest BCUT2D eigenvalue weighted by Crippen LogP contribution is -2.26. The monoisotopic (exact) mass is 460 g/mol. The molecule has 1 aliphatic rings. The number of amides is 2. The van der Waals surface area contributed by atoms with Crippen LogP contribution in [0.5, 0.6) is 0 Å². The van der Waals surface area contributed by atoms with Crippen LogP contribution in [-0.2, 0) is 16.0 Å². The quantitative estimate of drug-likeness (QED) is 0.401. The van der Waals surface area contributed by atoms with Gasteiger partial charge in [-0.2, -0.15) is 4.68 Å². The molecular weight excluding hydrogens is 440 g/mol. The van der Waals surface area contributed by atoms with Crippen molar-refractivity contribution in [3.8, 4) is 5.69 Å². The highest BCUT2D eigenvalue weighted by molar-refractivity contribution is 6.21. The predicted octanol–water partition coefficient (Wildman–Crippen LogP) is 4.41. The maximum absolute atomic E-state index is 13.1. The van der Waals surface area contributed by atoms with Crippen LogP contribution in [-0.4, -0.2) is 32.0 Å². The number of fused-ring (bicyclic) bond motifs is 3. The van der Waals surface area contributed by atoms with Crippen molar-refractivity contribution in [3.05, 3.63) is 102 Å². The number of anilines is 3. The minimum Gasteiger partial charge on any atom is -0.323 e. The lowest BCUT2D eigenvalue weighted by atomic mass is 10.1. The van der Waals surface area contributed by atoms with Crippen molar-refractivity contribution in [2.75, 3.05) is 10.2 Å². The number of nitrogens with zero attached hydrogens (tertiary/aromatic N) is 5. The number of hydrogen-bond acceptors (Lipinski definition) is 5. The van der Waals surface area contributed by atoms with Gasteiger partial charge < -0.3 is 5.32 Å². The zero-order valence-electron chi connectivity index (χ0n) is 18.6. The minimum atomic E-state index is -0.328. The summed E-state index contributed by atoms with van der Waals surface area (Å²) in [6.07, 6.45) is 0.355. The molecule has 0 saturated carbocycles. The van der Waals surface area contributed by atoms with Crippen LogP contribution in [0.4, 0.5) is 17.1 Å². The fourth-order valence-corrected chi connectivity index (χ4v) is 4.43. The van der Waals surface area contributed by atoms with Crippen LogP contribution in [0.25, 0.3) is 16.5 Å². The van der Waals surface area contributed by atoms with Crippen LogP contribution in [0, 0.1) is 0 Å². The molecule has 0 bridgehead atoms. The number of hydrogen-bond donors (Lipinski definition) is 1. The lowest BCUT2D eigenvalue weighted by molar-refractivity contribution is -0.124. The maximum atomic E-state index is 13.1. The predicted molar refractivity (Wildman–Crippen MR) is 133 cm³/mol. The molecule has 8 heteroatoms. The largest absolute Gasteiger partial charge is 0.323 e. The summed E-state index contributed by atoms with van der Waals surface area (Å²) < 4.78 is 1.69. The molecule has 35 heavy (non-hydrogen) atoms. The molecule has 0 aliphatic carbocycles. The highest BCUT2D eigenvalue weighted by Gasteiger charge is 2.28. The highest BCUT2D eigenvalue weighted by atomic mass is 16.2. The van der Waals surface area contributed by atoms with Crippen LogP contribution >= 0.6 is 0 Å². The molecule has 4 aromatic carbocycles. The zero-order valence-corrected chi connectivity index (χ0v) is 18.6. The molecule has 5 aromatic rings. The summed E-state index contributed by atoms with van der Waals surface area (Å²) in [6.45, 7) is 0. The number of benzene rings is 4. The molecule has 0 fully saturated rings. The number of tetrazole rings is 1. The first-order chi connectivity index (χ1) is 17.2. The van der Waals surface area contributed by atoms with Crippen molar-refractivity contribution >= 4 is 39.6 Å². The van der Waals surface area contributed by atoms with Crippen molar-refractivity contribution in [1.82, 2.24) is 20.2 Å². The van der Waals surface area contributed by atoms with E-state index in [0.717, 1.165) is 22.0 Å². The van der Waals surface area contributed by atoms with Crippen LogP contribution in [0.3, 0.4) is 0 Å². The van der Waals surface area contributed by atoms with Crippen LogP contribution in [0.2, 0.25) is 0 Å². The molecular formula is C27H20N6O2.